The van der Waals surface area contributed by atoms with E-state index in [1.807, 2.05) is 52.0 Å². The topological polar surface area (TPSA) is 0 Å². The third-order valence-electron chi connectivity index (χ3n) is 2.48. The number of rotatable bonds is 2. The van der Waals surface area contributed by atoms with E-state index in [4.69, 9.17) is 0 Å². The van der Waals surface area contributed by atoms with Gasteiger partial charge in [-0.2, -0.15) is 60.5 Å². The van der Waals surface area contributed by atoms with Gasteiger partial charge >= 0.3 is 0 Å². The number of benzene rings is 2. The first kappa shape index (κ1) is 27.3. The second-order valence-electron chi connectivity index (χ2n) is 4.97. The molecule has 1 heteroatoms. The molecule has 0 aliphatic carbocycles. The molecule has 0 bridgehead atoms. The minimum absolute atomic E-state index is 0. The Bertz CT molecular complexity index is 429. The standard InChI is InChI=1S/C10H13.C8H9.2C2H6.Y/c1-9(2)8-10-6-4-3-5-7-10;1-7-4-3-5-8(2)6-7;2*1-2;/h3-6,9H,8H2,1-2H3;3-6H,1H2,2H3;2*1-2H3;/q2*-1;;;. The van der Waals surface area contributed by atoms with Crippen LogP contribution in [-0.4, -0.2) is 0 Å². The quantitative estimate of drug-likeness (QED) is 0.491. The van der Waals surface area contributed by atoms with E-state index in [0.717, 1.165) is 17.9 Å². The van der Waals surface area contributed by atoms with Gasteiger partial charge in [0.1, 0.15) is 0 Å². The minimum atomic E-state index is 0. The van der Waals surface area contributed by atoms with Crippen molar-refractivity contribution in [1.29, 1.82) is 0 Å². The molecule has 2 aromatic rings. The maximum Gasteiger partial charge on any atom is 0 e. The van der Waals surface area contributed by atoms with E-state index >= 15 is 0 Å². The van der Waals surface area contributed by atoms with Crippen molar-refractivity contribution < 1.29 is 32.7 Å². The van der Waals surface area contributed by atoms with Gasteiger partial charge in [-0.15, -0.1) is 11.6 Å². The summed E-state index contributed by atoms with van der Waals surface area (Å²) in [7, 11) is 0. The summed E-state index contributed by atoms with van der Waals surface area (Å²) >= 11 is 0. The summed E-state index contributed by atoms with van der Waals surface area (Å²) in [6.45, 7) is 18.3. The molecule has 1 radical (unpaired) electrons. The molecule has 0 N–H and O–H groups in total. The first-order valence-electron chi connectivity index (χ1n) is 8.42. The minimum Gasteiger partial charge on any atom is -0.199 e. The monoisotopic (exact) mass is 387 g/mol. The van der Waals surface area contributed by atoms with Crippen LogP contribution in [0, 0.1) is 25.8 Å². The molecule has 0 amide bonds. The van der Waals surface area contributed by atoms with E-state index < -0.39 is 0 Å². The Hall–Kier alpha value is -0.586. The first-order valence-corrected chi connectivity index (χ1v) is 8.42. The fourth-order valence-corrected chi connectivity index (χ4v) is 1.71. The van der Waals surface area contributed by atoms with Crippen LogP contribution in [0.1, 0.15) is 58.2 Å². The van der Waals surface area contributed by atoms with Crippen LogP contribution in [0.4, 0.5) is 0 Å². The van der Waals surface area contributed by atoms with E-state index in [-0.39, 0.29) is 32.7 Å². The van der Waals surface area contributed by atoms with Crippen molar-refractivity contribution in [1.82, 2.24) is 0 Å². The summed E-state index contributed by atoms with van der Waals surface area (Å²) in [4.78, 5) is 0. The second kappa shape index (κ2) is 19.5. The van der Waals surface area contributed by atoms with Gasteiger partial charge in [-0.05, 0) is 12.3 Å². The Morgan fingerprint density at radius 3 is 1.91 bits per heavy atom. The molecule has 0 unspecified atom stereocenters. The van der Waals surface area contributed by atoms with Crippen molar-refractivity contribution in [2.45, 2.75) is 54.9 Å². The van der Waals surface area contributed by atoms with Crippen LogP contribution in [0.25, 0.3) is 0 Å². The Morgan fingerprint density at radius 1 is 0.957 bits per heavy atom. The smallest absolute Gasteiger partial charge is 0 e. The van der Waals surface area contributed by atoms with Crippen LogP contribution in [0.3, 0.4) is 0 Å². The van der Waals surface area contributed by atoms with Crippen molar-refractivity contribution in [3.05, 3.63) is 78.2 Å². The fourth-order valence-electron chi connectivity index (χ4n) is 1.71. The summed E-state index contributed by atoms with van der Waals surface area (Å²) in [5.74, 6) is 0.735. The van der Waals surface area contributed by atoms with E-state index in [1.165, 1.54) is 11.1 Å². The molecule has 2 aromatic carbocycles. The normalized spacial score (nSPS) is 8.17. The fraction of sp³-hybridized carbons (Fsp3) is 0.409. The Labute approximate surface area is 171 Å². The Morgan fingerprint density at radius 2 is 1.57 bits per heavy atom. The summed E-state index contributed by atoms with van der Waals surface area (Å²) in [6.07, 6.45) is 1.14. The van der Waals surface area contributed by atoms with Crippen LogP contribution in [0.2, 0.25) is 0 Å². The third-order valence-corrected chi connectivity index (χ3v) is 2.48. The summed E-state index contributed by atoms with van der Waals surface area (Å²) < 4.78 is 0. The summed E-state index contributed by atoms with van der Waals surface area (Å²) in [6, 6.07) is 19.5. The SMILES string of the molecule is CC.CC.CC(C)Cc1[c-]cccc1.[CH2-]c1cccc(C)c1.[Y]. The van der Waals surface area contributed by atoms with Crippen LogP contribution >= 0.6 is 0 Å². The predicted octanol–water partition coefficient (Wildman–Crippen LogP) is 6.91. The van der Waals surface area contributed by atoms with Gasteiger partial charge in [0.2, 0.25) is 0 Å². The predicted molar refractivity (Wildman–Crippen MR) is 102 cm³/mol. The summed E-state index contributed by atoms with van der Waals surface area (Å²) in [5, 5.41) is 0. The maximum atomic E-state index is 3.78. The Balaban J connectivity index is -0.000000280. The Kier molecular flexibility index (Phi) is 23.1. The molecular weight excluding hydrogens is 353 g/mol. The van der Waals surface area contributed by atoms with Gasteiger partial charge in [0.15, 0.2) is 0 Å². The largest absolute Gasteiger partial charge is 0.199 e. The van der Waals surface area contributed by atoms with Crippen LogP contribution < -0.4 is 0 Å². The molecule has 2 rings (SSSR count). The number of hydrogen-bond donors (Lipinski definition) is 0. The van der Waals surface area contributed by atoms with E-state index in [1.54, 1.807) is 0 Å². The van der Waals surface area contributed by atoms with Gasteiger partial charge in [-0.25, -0.2) is 0 Å². The van der Waals surface area contributed by atoms with Gasteiger partial charge in [0.25, 0.3) is 0 Å². The molecule has 0 saturated carbocycles. The van der Waals surface area contributed by atoms with Crippen LogP contribution in [0.15, 0.2) is 48.5 Å². The maximum absolute atomic E-state index is 3.78. The third kappa shape index (κ3) is 17.6. The van der Waals surface area contributed by atoms with Crippen LogP contribution in [-0.2, 0) is 39.1 Å². The average molecular weight is 387 g/mol. The molecule has 0 saturated heterocycles. The van der Waals surface area contributed by atoms with E-state index in [0.29, 0.717) is 0 Å². The zero-order valence-electron chi connectivity index (χ0n) is 16.2. The molecule has 0 atom stereocenters. The molecule has 23 heavy (non-hydrogen) atoms. The molecule has 0 aliphatic rings. The van der Waals surface area contributed by atoms with Gasteiger partial charge in [0.05, 0.1) is 0 Å². The van der Waals surface area contributed by atoms with Crippen molar-refractivity contribution >= 4 is 0 Å². The van der Waals surface area contributed by atoms with Gasteiger partial charge < -0.3 is 0 Å². The molecule has 0 aliphatic heterocycles. The number of aryl methyl sites for hydroxylation is 1. The van der Waals surface area contributed by atoms with Gasteiger partial charge in [-0.1, -0.05) is 54.5 Å². The van der Waals surface area contributed by atoms with Gasteiger partial charge in [-0.3, -0.25) is 0 Å². The molecule has 0 nitrogen and oxygen atoms in total. The zero-order chi connectivity index (χ0) is 17.4. The molecule has 0 heterocycles. The first-order chi connectivity index (χ1) is 10.6. The molecular formula is C22H34Y-2. The molecule has 0 aromatic heterocycles. The van der Waals surface area contributed by atoms with E-state index in [2.05, 4.69) is 58.0 Å². The number of hydrogen-bond acceptors (Lipinski definition) is 0. The van der Waals surface area contributed by atoms with Crippen molar-refractivity contribution in [2.24, 2.45) is 5.92 Å². The van der Waals surface area contributed by atoms with Crippen molar-refractivity contribution in [3.8, 4) is 0 Å². The summed E-state index contributed by atoms with van der Waals surface area (Å²) in [5.41, 5.74) is 3.68. The zero-order valence-corrected chi connectivity index (χ0v) is 19.0. The van der Waals surface area contributed by atoms with Gasteiger partial charge in [0, 0.05) is 32.7 Å². The van der Waals surface area contributed by atoms with Crippen molar-refractivity contribution in [2.75, 3.05) is 0 Å². The molecule has 0 spiro atoms. The molecule has 127 valence electrons. The average Bonchev–Trinajstić information content (AvgIpc) is 2.52. The van der Waals surface area contributed by atoms with Crippen molar-refractivity contribution in [3.63, 3.8) is 0 Å². The van der Waals surface area contributed by atoms with Crippen LogP contribution in [0.5, 0.6) is 0 Å². The molecule has 0 fully saturated rings. The second-order valence-corrected chi connectivity index (χ2v) is 4.97. The van der Waals surface area contributed by atoms with E-state index in [9.17, 15) is 0 Å².